The van der Waals surface area contributed by atoms with E-state index in [2.05, 4.69) is 59.0 Å². The summed E-state index contributed by atoms with van der Waals surface area (Å²) >= 11 is 3.89. The lowest BCUT2D eigenvalue weighted by molar-refractivity contribution is -0.124. The third-order valence-electron chi connectivity index (χ3n) is 9.50. The highest BCUT2D eigenvalue weighted by molar-refractivity contribution is 8.04. The summed E-state index contributed by atoms with van der Waals surface area (Å²) in [4.78, 5) is 14.5. The molecule has 0 unspecified atom stereocenters. The van der Waals surface area contributed by atoms with Crippen LogP contribution in [0.15, 0.2) is 17.0 Å². The van der Waals surface area contributed by atoms with Crippen LogP contribution < -0.4 is 5.32 Å². The molecule has 0 spiro atoms. The van der Waals surface area contributed by atoms with Crippen molar-refractivity contribution in [2.24, 2.45) is 17.8 Å². The van der Waals surface area contributed by atoms with Crippen molar-refractivity contribution in [3.63, 3.8) is 0 Å². The minimum atomic E-state index is -0.114. The summed E-state index contributed by atoms with van der Waals surface area (Å²) in [6, 6.07) is 4.46. The van der Waals surface area contributed by atoms with E-state index in [1.807, 2.05) is 23.5 Å². The molecule has 0 radical (unpaired) electrons. The first-order valence-electron chi connectivity index (χ1n) is 14.8. The number of amides is 1. The van der Waals surface area contributed by atoms with Crippen molar-refractivity contribution in [2.75, 3.05) is 5.75 Å². The van der Waals surface area contributed by atoms with Crippen LogP contribution in [0.3, 0.4) is 0 Å². The standard InChI is InChI=1S/C32H49NO2S2/c1-30(2,3)24-14-23(15-25(29(24)35)31(4,5)6)37-27-10-8-7-9-26(27)36-19-28(34)33-32-16-20-11-21(17-32)13-22(12-20)18-32/h14-15,20-22,26-27,35H,7-13,16-19H2,1-6H3,(H,33,34)/t20?,21?,22?,26-,27-,32?/m1/s1. The summed E-state index contributed by atoms with van der Waals surface area (Å²) in [5, 5.41) is 15.7. The van der Waals surface area contributed by atoms with E-state index in [1.165, 1.54) is 69.1 Å². The van der Waals surface area contributed by atoms with Crippen LogP contribution in [-0.4, -0.2) is 32.8 Å². The molecule has 0 heterocycles. The van der Waals surface area contributed by atoms with Gasteiger partial charge in [-0.1, -0.05) is 54.4 Å². The molecule has 1 amide bonds. The molecule has 2 atom stereocenters. The number of aromatic hydroxyl groups is 1. The van der Waals surface area contributed by atoms with Crippen molar-refractivity contribution in [1.82, 2.24) is 5.32 Å². The second-order valence-corrected chi connectivity index (χ2v) is 17.4. The maximum atomic E-state index is 13.2. The molecule has 6 rings (SSSR count). The molecule has 0 saturated heterocycles. The Kier molecular flexibility index (Phi) is 7.73. The lowest BCUT2D eigenvalue weighted by atomic mass is 9.53. The fourth-order valence-corrected chi connectivity index (χ4v) is 11.0. The van der Waals surface area contributed by atoms with Crippen LogP contribution in [0.25, 0.3) is 0 Å². The van der Waals surface area contributed by atoms with Gasteiger partial charge in [-0.05, 0) is 92.1 Å². The third kappa shape index (κ3) is 6.18. The van der Waals surface area contributed by atoms with Crippen molar-refractivity contribution < 1.29 is 9.90 Å². The Morgan fingerprint density at radius 3 is 1.86 bits per heavy atom. The van der Waals surface area contributed by atoms with Crippen LogP contribution in [0.5, 0.6) is 5.75 Å². The highest BCUT2D eigenvalue weighted by atomic mass is 32.2. The Hall–Kier alpha value is -0.810. The summed E-state index contributed by atoms with van der Waals surface area (Å²) in [5.41, 5.74) is 1.97. The maximum absolute atomic E-state index is 13.2. The largest absolute Gasteiger partial charge is 0.507 e. The lowest BCUT2D eigenvalue weighted by Crippen LogP contribution is -2.60. The molecule has 206 valence electrons. The zero-order valence-electron chi connectivity index (χ0n) is 24.0. The van der Waals surface area contributed by atoms with Gasteiger partial charge < -0.3 is 10.4 Å². The SMILES string of the molecule is CC(C)(C)c1cc(S[C@@H]2CCCC[C@H]2SCC(=O)NC23CC4CC(CC(C4)C2)C3)cc(C(C)(C)C)c1O. The van der Waals surface area contributed by atoms with E-state index in [0.29, 0.717) is 22.0 Å². The molecule has 1 aromatic rings. The lowest BCUT2D eigenvalue weighted by Gasteiger charge is -2.56. The highest BCUT2D eigenvalue weighted by Crippen LogP contribution is 2.55. The molecule has 4 bridgehead atoms. The summed E-state index contributed by atoms with van der Waals surface area (Å²) in [6.45, 7) is 13.1. The molecular formula is C32H49NO2S2. The van der Waals surface area contributed by atoms with Crippen LogP contribution in [0.1, 0.15) is 117 Å². The van der Waals surface area contributed by atoms with Gasteiger partial charge in [-0.15, -0.1) is 23.5 Å². The molecular weight excluding hydrogens is 494 g/mol. The quantitative estimate of drug-likeness (QED) is 0.380. The van der Waals surface area contributed by atoms with Gasteiger partial charge in [0, 0.05) is 32.1 Å². The zero-order chi connectivity index (χ0) is 26.6. The van der Waals surface area contributed by atoms with Gasteiger partial charge in [0.05, 0.1) is 5.75 Å². The minimum Gasteiger partial charge on any atom is -0.507 e. The van der Waals surface area contributed by atoms with E-state index >= 15 is 0 Å². The van der Waals surface area contributed by atoms with Gasteiger partial charge in [0.1, 0.15) is 5.75 Å². The number of rotatable bonds is 6. The number of phenols is 1. The van der Waals surface area contributed by atoms with Gasteiger partial charge in [0.2, 0.25) is 5.91 Å². The molecule has 3 nitrogen and oxygen atoms in total. The normalized spacial score (nSPS) is 33.5. The Bertz CT molecular complexity index is 935. The first-order chi connectivity index (χ1) is 17.3. The van der Waals surface area contributed by atoms with E-state index < -0.39 is 0 Å². The van der Waals surface area contributed by atoms with Crippen molar-refractivity contribution >= 4 is 29.4 Å². The summed E-state index contributed by atoms with van der Waals surface area (Å²) in [5.74, 6) is 3.91. The molecule has 5 aliphatic carbocycles. The summed E-state index contributed by atoms with van der Waals surface area (Å²) in [7, 11) is 0. The van der Waals surface area contributed by atoms with Crippen LogP contribution in [0.4, 0.5) is 0 Å². The number of benzene rings is 1. The van der Waals surface area contributed by atoms with Crippen molar-refractivity contribution in [1.29, 1.82) is 0 Å². The first-order valence-corrected chi connectivity index (χ1v) is 16.7. The van der Waals surface area contributed by atoms with Gasteiger partial charge in [-0.2, -0.15) is 0 Å². The highest BCUT2D eigenvalue weighted by Gasteiger charge is 2.51. The number of thioether (sulfide) groups is 2. The predicted molar refractivity (Wildman–Crippen MR) is 159 cm³/mol. The number of phenolic OH excluding ortho intramolecular Hbond substituents is 1. The maximum Gasteiger partial charge on any atom is 0.230 e. The molecule has 5 fully saturated rings. The monoisotopic (exact) mass is 543 g/mol. The minimum absolute atomic E-state index is 0.114. The molecule has 5 saturated carbocycles. The fraction of sp³-hybridized carbons (Fsp3) is 0.781. The average molecular weight is 544 g/mol. The number of carbonyl (C=O) groups excluding carboxylic acids is 1. The zero-order valence-corrected chi connectivity index (χ0v) is 25.6. The molecule has 1 aromatic carbocycles. The second kappa shape index (κ2) is 10.3. The van der Waals surface area contributed by atoms with Gasteiger partial charge in [0.25, 0.3) is 0 Å². The number of hydrogen-bond donors (Lipinski definition) is 2. The molecule has 5 aliphatic rings. The van der Waals surface area contributed by atoms with E-state index in [4.69, 9.17) is 0 Å². The van der Waals surface area contributed by atoms with Crippen LogP contribution in [-0.2, 0) is 15.6 Å². The molecule has 5 heteroatoms. The van der Waals surface area contributed by atoms with E-state index in [0.717, 1.165) is 28.9 Å². The first kappa shape index (κ1) is 27.7. The van der Waals surface area contributed by atoms with Gasteiger partial charge in [-0.25, -0.2) is 0 Å². The van der Waals surface area contributed by atoms with Crippen molar-refractivity contribution in [2.45, 2.75) is 138 Å². The van der Waals surface area contributed by atoms with Gasteiger partial charge in [0.15, 0.2) is 0 Å². The van der Waals surface area contributed by atoms with E-state index in [1.54, 1.807) is 0 Å². The number of hydrogen-bond acceptors (Lipinski definition) is 4. The Morgan fingerprint density at radius 2 is 1.38 bits per heavy atom. The molecule has 0 aliphatic heterocycles. The van der Waals surface area contributed by atoms with Crippen molar-refractivity contribution in [3.05, 3.63) is 23.3 Å². The van der Waals surface area contributed by atoms with Crippen LogP contribution >= 0.6 is 23.5 Å². The third-order valence-corrected chi connectivity index (χ3v) is 12.5. The molecule has 0 aromatic heterocycles. The predicted octanol–water partition coefficient (Wildman–Crippen LogP) is 8.21. The number of nitrogens with one attached hydrogen (secondary N) is 1. The summed E-state index contributed by atoms with van der Waals surface area (Å²) in [6.07, 6.45) is 12.9. The Balaban J connectivity index is 1.25. The van der Waals surface area contributed by atoms with E-state index in [-0.39, 0.29) is 22.3 Å². The Labute approximate surface area is 234 Å². The topological polar surface area (TPSA) is 49.3 Å². The average Bonchev–Trinajstić information content (AvgIpc) is 2.77. The van der Waals surface area contributed by atoms with Crippen LogP contribution in [0.2, 0.25) is 0 Å². The van der Waals surface area contributed by atoms with Crippen molar-refractivity contribution in [3.8, 4) is 5.75 Å². The second-order valence-electron chi connectivity index (χ2n) is 14.9. The number of carbonyl (C=O) groups is 1. The summed E-state index contributed by atoms with van der Waals surface area (Å²) < 4.78 is 0. The van der Waals surface area contributed by atoms with E-state index in [9.17, 15) is 9.90 Å². The smallest absolute Gasteiger partial charge is 0.230 e. The fourth-order valence-electron chi connectivity index (χ4n) is 8.16. The Morgan fingerprint density at radius 1 is 0.892 bits per heavy atom. The van der Waals surface area contributed by atoms with Gasteiger partial charge in [-0.3, -0.25) is 4.79 Å². The van der Waals surface area contributed by atoms with Gasteiger partial charge >= 0.3 is 0 Å². The molecule has 37 heavy (non-hydrogen) atoms. The van der Waals surface area contributed by atoms with Crippen LogP contribution in [0, 0.1) is 17.8 Å². The molecule has 2 N–H and O–H groups in total.